The van der Waals surface area contributed by atoms with Crippen LogP contribution in [0, 0.1) is 0 Å². The van der Waals surface area contributed by atoms with Crippen LogP contribution in [0.25, 0.3) is 11.0 Å². The Morgan fingerprint density at radius 2 is 2.07 bits per heavy atom. The average molecular weight is 213 g/mol. The molecule has 1 aromatic rings. The molecule has 3 rings (SSSR count). The fourth-order valence-electron chi connectivity index (χ4n) is 1.94. The molecule has 2 heteroatoms. The Hall–Kier alpha value is -1.25. The van der Waals surface area contributed by atoms with Gasteiger partial charge in [-0.2, -0.15) is 0 Å². The smallest absolute Gasteiger partial charge is 0.0614 e. The third-order valence-electron chi connectivity index (χ3n) is 2.68. The Labute approximate surface area is 93.0 Å². The minimum Gasteiger partial charge on any atom is -0.249 e. The minimum absolute atomic E-state index is 0.333. The first kappa shape index (κ1) is 9.01. The van der Waals surface area contributed by atoms with Gasteiger partial charge in [0.1, 0.15) is 0 Å². The van der Waals surface area contributed by atoms with Crippen LogP contribution in [-0.4, -0.2) is 6.04 Å². The predicted octanol–water partition coefficient (Wildman–Crippen LogP) is 1.32. The van der Waals surface area contributed by atoms with Crippen molar-refractivity contribution < 1.29 is 0 Å². The maximum atomic E-state index is 3.42. The fourth-order valence-corrected chi connectivity index (χ4v) is 2.69. The van der Waals surface area contributed by atoms with Crippen LogP contribution < -0.4 is 15.2 Å². The van der Waals surface area contributed by atoms with Gasteiger partial charge in [-0.1, -0.05) is 60.5 Å². The first-order valence-electron chi connectivity index (χ1n) is 5.01. The van der Waals surface area contributed by atoms with Gasteiger partial charge in [-0.25, -0.2) is 4.72 Å². The lowest BCUT2D eigenvalue weighted by Gasteiger charge is -2.15. The van der Waals surface area contributed by atoms with Gasteiger partial charge in [-0.15, -0.1) is 0 Å². The second-order valence-electron chi connectivity index (χ2n) is 3.62. The van der Waals surface area contributed by atoms with Crippen molar-refractivity contribution in [1.29, 1.82) is 0 Å². The summed E-state index contributed by atoms with van der Waals surface area (Å²) in [5, 5.41) is 4.80. The van der Waals surface area contributed by atoms with Crippen LogP contribution in [-0.2, 0) is 0 Å². The molecular weight excluding hydrogens is 202 g/mol. The van der Waals surface area contributed by atoms with E-state index in [1.54, 1.807) is 11.9 Å². The second-order valence-corrected chi connectivity index (χ2v) is 4.32. The van der Waals surface area contributed by atoms with Crippen molar-refractivity contribution >= 4 is 22.9 Å². The number of allylic oxidation sites excluding steroid dienone is 2. The number of nitrogens with one attached hydrogen (secondary N) is 1. The third kappa shape index (κ3) is 1.56. The SMILES string of the molecule is C1=CC2=c3ccccc3=CSNC2C=C1. The molecule has 0 radical (unpaired) electrons. The van der Waals surface area contributed by atoms with E-state index in [1.165, 1.54) is 16.0 Å². The van der Waals surface area contributed by atoms with Gasteiger partial charge in [0.25, 0.3) is 0 Å². The highest BCUT2D eigenvalue weighted by Crippen LogP contribution is 2.15. The lowest BCUT2D eigenvalue weighted by Crippen LogP contribution is -2.31. The molecule has 1 unspecified atom stereocenters. The number of hydrogen-bond donors (Lipinski definition) is 1. The van der Waals surface area contributed by atoms with E-state index < -0.39 is 0 Å². The number of fused-ring (bicyclic) bond motifs is 2. The van der Waals surface area contributed by atoms with E-state index in [4.69, 9.17) is 0 Å². The molecule has 2 aliphatic rings. The second kappa shape index (κ2) is 3.72. The lowest BCUT2D eigenvalue weighted by atomic mass is 9.99. The predicted molar refractivity (Wildman–Crippen MR) is 66.4 cm³/mol. The summed E-state index contributed by atoms with van der Waals surface area (Å²) in [6.45, 7) is 0. The number of benzene rings is 1. The van der Waals surface area contributed by atoms with Crippen molar-refractivity contribution in [3.63, 3.8) is 0 Å². The summed E-state index contributed by atoms with van der Waals surface area (Å²) >= 11 is 1.66. The average Bonchev–Trinajstić information content (AvgIpc) is 2.48. The van der Waals surface area contributed by atoms with E-state index in [0.717, 1.165) is 0 Å². The zero-order chi connectivity index (χ0) is 10.1. The molecule has 1 heterocycles. The van der Waals surface area contributed by atoms with Crippen LogP contribution in [0.4, 0.5) is 0 Å². The monoisotopic (exact) mass is 213 g/mol. The molecule has 1 aliphatic heterocycles. The van der Waals surface area contributed by atoms with Crippen LogP contribution in [0.5, 0.6) is 0 Å². The molecule has 1 N–H and O–H groups in total. The van der Waals surface area contributed by atoms with E-state index in [-0.39, 0.29) is 0 Å². The van der Waals surface area contributed by atoms with Gasteiger partial charge in [0.15, 0.2) is 0 Å². The summed E-state index contributed by atoms with van der Waals surface area (Å²) in [6, 6.07) is 8.86. The van der Waals surface area contributed by atoms with Crippen LogP contribution >= 0.6 is 11.9 Å². The molecule has 15 heavy (non-hydrogen) atoms. The summed E-state index contributed by atoms with van der Waals surface area (Å²) in [6.07, 6.45) is 8.57. The van der Waals surface area contributed by atoms with Crippen LogP contribution in [0.1, 0.15) is 0 Å². The molecule has 74 valence electrons. The summed E-state index contributed by atoms with van der Waals surface area (Å²) in [4.78, 5) is 0. The van der Waals surface area contributed by atoms with Crippen molar-refractivity contribution in [3.8, 4) is 0 Å². The van der Waals surface area contributed by atoms with Crippen molar-refractivity contribution in [1.82, 2.24) is 4.72 Å². The first-order valence-corrected chi connectivity index (χ1v) is 5.88. The van der Waals surface area contributed by atoms with E-state index in [1.807, 2.05) is 0 Å². The topological polar surface area (TPSA) is 12.0 Å². The third-order valence-corrected chi connectivity index (χ3v) is 3.44. The van der Waals surface area contributed by atoms with E-state index >= 15 is 0 Å². The van der Waals surface area contributed by atoms with Crippen molar-refractivity contribution in [2.24, 2.45) is 0 Å². The molecule has 1 aromatic carbocycles. The Bertz CT molecular complexity index is 554. The maximum absolute atomic E-state index is 3.42. The van der Waals surface area contributed by atoms with Gasteiger partial charge in [0.2, 0.25) is 0 Å². The molecule has 1 nitrogen and oxygen atoms in total. The number of rotatable bonds is 0. The van der Waals surface area contributed by atoms with Gasteiger partial charge < -0.3 is 0 Å². The maximum Gasteiger partial charge on any atom is 0.0614 e. The summed E-state index contributed by atoms with van der Waals surface area (Å²) in [7, 11) is 0. The molecule has 0 saturated heterocycles. The lowest BCUT2D eigenvalue weighted by molar-refractivity contribution is 0.959. The highest BCUT2D eigenvalue weighted by molar-refractivity contribution is 8.04. The molecule has 0 saturated carbocycles. The molecule has 0 spiro atoms. The number of hydrogen-bond acceptors (Lipinski definition) is 2. The first-order chi connectivity index (χ1) is 7.45. The Morgan fingerprint density at radius 3 is 3.07 bits per heavy atom. The fraction of sp³-hybridized carbons (Fsp3) is 0.0769. The zero-order valence-corrected chi connectivity index (χ0v) is 9.00. The standard InChI is InChI=1S/C13H11NS/c1-2-6-11-10(5-1)9-15-14-13-8-4-3-7-12(11)13/h1-9,13-14H. The van der Waals surface area contributed by atoms with E-state index in [9.17, 15) is 0 Å². The minimum atomic E-state index is 0.333. The molecule has 1 atom stereocenters. The van der Waals surface area contributed by atoms with Gasteiger partial charge in [-0.05, 0) is 21.4 Å². The van der Waals surface area contributed by atoms with Crippen molar-refractivity contribution in [2.45, 2.75) is 6.04 Å². The van der Waals surface area contributed by atoms with Gasteiger partial charge in [-0.3, -0.25) is 0 Å². The molecule has 0 bridgehead atoms. The normalized spacial score (nSPS) is 22.7. The Balaban J connectivity index is 2.38. The van der Waals surface area contributed by atoms with Crippen LogP contribution in [0.15, 0.2) is 48.6 Å². The van der Waals surface area contributed by atoms with Gasteiger partial charge >= 0.3 is 0 Å². The van der Waals surface area contributed by atoms with Crippen LogP contribution in [0.3, 0.4) is 0 Å². The molecule has 1 aliphatic carbocycles. The largest absolute Gasteiger partial charge is 0.249 e. The summed E-state index contributed by atoms with van der Waals surface area (Å²) in [5.74, 6) is 0. The van der Waals surface area contributed by atoms with Crippen molar-refractivity contribution in [2.75, 3.05) is 0 Å². The van der Waals surface area contributed by atoms with E-state index in [0.29, 0.717) is 6.04 Å². The highest BCUT2D eigenvalue weighted by atomic mass is 32.2. The van der Waals surface area contributed by atoms with E-state index in [2.05, 4.69) is 58.7 Å². The van der Waals surface area contributed by atoms with Gasteiger partial charge in [0.05, 0.1) is 6.04 Å². The Kier molecular flexibility index (Phi) is 2.24. The molecule has 0 amide bonds. The summed E-state index contributed by atoms with van der Waals surface area (Å²) in [5.41, 5.74) is 1.36. The molecular formula is C13H11NS. The van der Waals surface area contributed by atoms with Gasteiger partial charge in [0, 0.05) is 0 Å². The highest BCUT2D eigenvalue weighted by Gasteiger charge is 2.13. The quantitative estimate of drug-likeness (QED) is 0.652. The zero-order valence-electron chi connectivity index (χ0n) is 8.18. The van der Waals surface area contributed by atoms with Crippen LogP contribution in [0.2, 0.25) is 0 Å². The molecule has 0 fully saturated rings. The van der Waals surface area contributed by atoms with Crippen molar-refractivity contribution in [3.05, 3.63) is 59.0 Å². The summed E-state index contributed by atoms with van der Waals surface area (Å²) < 4.78 is 3.42. The molecule has 0 aromatic heterocycles. The Morgan fingerprint density at radius 1 is 1.13 bits per heavy atom.